The molecule has 0 spiro atoms. The third-order valence-electron chi connectivity index (χ3n) is 7.15. The zero-order chi connectivity index (χ0) is 26.0. The molecule has 9 nitrogen and oxygen atoms in total. The molecule has 1 aliphatic heterocycles. The van der Waals surface area contributed by atoms with E-state index in [0.29, 0.717) is 30.5 Å². The maximum atomic E-state index is 11.0. The van der Waals surface area contributed by atoms with Gasteiger partial charge in [-0.25, -0.2) is 14.6 Å². The molecule has 9 heteroatoms. The van der Waals surface area contributed by atoms with E-state index in [-0.39, 0.29) is 6.04 Å². The molecular formula is C29H29N7O2. The molecule has 192 valence electrons. The van der Waals surface area contributed by atoms with Crippen LogP contribution >= 0.6 is 0 Å². The molecule has 3 aromatic heterocycles. The van der Waals surface area contributed by atoms with Crippen LogP contribution in [0.3, 0.4) is 0 Å². The number of aromatic nitrogens is 6. The molecule has 2 fully saturated rings. The molecule has 6 rings (SSSR count). The van der Waals surface area contributed by atoms with E-state index in [4.69, 9.17) is 26.1 Å². The van der Waals surface area contributed by atoms with Crippen LogP contribution in [0.15, 0.2) is 54.7 Å². The lowest BCUT2D eigenvalue weighted by molar-refractivity contribution is 0.0397. The lowest BCUT2D eigenvalue weighted by Gasteiger charge is -2.21. The van der Waals surface area contributed by atoms with Crippen LogP contribution in [0.2, 0.25) is 0 Å². The van der Waals surface area contributed by atoms with Crippen molar-refractivity contribution in [1.29, 1.82) is 0 Å². The average molecular weight is 508 g/mol. The Morgan fingerprint density at radius 1 is 1.05 bits per heavy atom. The number of ether oxygens (including phenoxy) is 1. The van der Waals surface area contributed by atoms with Crippen LogP contribution in [0.5, 0.6) is 0 Å². The molecule has 2 aliphatic rings. The summed E-state index contributed by atoms with van der Waals surface area (Å²) in [5.41, 5.74) is 4.41. The first kappa shape index (κ1) is 24.2. The summed E-state index contributed by atoms with van der Waals surface area (Å²) in [6.45, 7) is 1.77. The van der Waals surface area contributed by atoms with Crippen LogP contribution in [0.4, 0.5) is 5.95 Å². The van der Waals surface area contributed by atoms with Crippen molar-refractivity contribution < 1.29 is 9.84 Å². The molecule has 0 unspecified atom stereocenters. The van der Waals surface area contributed by atoms with Crippen LogP contribution in [-0.4, -0.2) is 54.3 Å². The van der Waals surface area contributed by atoms with Crippen LogP contribution in [-0.2, 0) is 16.9 Å². The van der Waals surface area contributed by atoms with Gasteiger partial charge in [-0.05, 0) is 49.6 Å². The Balaban J connectivity index is 1.29. The topological polar surface area (TPSA) is 111 Å². The van der Waals surface area contributed by atoms with E-state index in [1.54, 1.807) is 4.68 Å². The van der Waals surface area contributed by atoms with E-state index in [9.17, 15) is 5.11 Å². The zero-order valence-electron chi connectivity index (χ0n) is 21.0. The normalized spacial score (nSPS) is 18.4. The number of nitrogens with one attached hydrogen (secondary N) is 1. The van der Waals surface area contributed by atoms with E-state index in [0.717, 1.165) is 66.9 Å². The van der Waals surface area contributed by atoms with Gasteiger partial charge in [-0.2, -0.15) is 0 Å². The van der Waals surface area contributed by atoms with Gasteiger partial charge in [-0.15, -0.1) is 11.5 Å². The third kappa shape index (κ3) is 5.14. The van der Waals surface area contributed by atoms with Gasteiger partial charge < -0.3 is 15.2 Å². The number of hydrogen-bond acceptors (Lipinski definition) is 8. The monoisotopic (exact) mass is 507 g/mol. The summed E-state index contributed by atoms with van der Waals surface area (Å²) >= 11 is 0. The minimum atomic E-state index is -0.828. The SMILES string of the molecule is C#Cc1cccc(-c2cc(-c3cn(Cc4cccc(C5(O)CCCC5)n4)nn3)nc(N[C@H]3CCOC3)n2)c1. The Hall–Kier alpha value is -4.13. The van der Waals surface area contributed by atoms with Gasteiger partial charge in [0, 0.05) is 17.7 Å². The second kappa shape index (κ2) is 10.3. The van der Waals surface area contributed by atoms with Crippen molar-refractivity contribution in [2.45, 2.75) is 50.3 Å². The van der Waals surface area contributed by atoms with Crippen molar-refractivity contribution in [3.05, 3.63) is 71.7 Å². The first-order valence-electron chi connectivity index (χ1n) is 13.0. The van der Waals surface area contributed by atoms with E-state index < -0.39 is 5.60 Å². The minimum absolute atomic E-state index is 0.152. The molecule has 1 aliphatic carbocycles. The van der Waals surface area contributed by atoms with Crippen molar-refractivity contribution in [2.24, 2.45) is 0 Å². The predicted molar refractivity (Wildman–Crippen MR) is 143 cm³/mol. The molecule has 1 atom stereocenters. The second-order valence-electron chi connectivity index (χ2n) is 9.95. The Bertz CT molecular complexity index is 1480. The standard InChI is InChI=1S/C29H29N7O2/c1-2-20-7-5-8-21(15-20)24-16-25(33-28(32-24)31-23-11-14-38-19-23)26-18-36(35-34-26)17-22-9-6-10-27(30-22)29(37)12-3-4-13-29/h1,5-10,15-16,18,23,37H,3-4,11-14,17,19H2,(H,31,32,33)/t23-/m0/s1. The van der Waals surface area contributed by atoms with Crippen LogP contribution < -0.4 is 5.32 Å². The number of pyridine rings is 1. The summed E-state index contributed by atoms with van der Waals surface area (Å²) in [6.07, 6.45) is 11.9. The molecule has 0 radical (unpaired) electrons. The highest BCUT2D eigenvalue weighted by atomic mass is 16.5. The number of rotatable bonds is 7. The maximum Gasteiger partial charge on any atom is 0.224 e. The first-order valence-corrected chi connectivity index (χ1v) is 13.0. The Morgan fingerprint density at radius 3 is 2.71 bits per heavy atom. The molecular weight excluding hydrogens is 478 g/mol. The van der Waals surface area contributed by atoms with E-state index in [1.165, 1.54) is 0 Å². The number of aliphatic hydroxyl groups is 1. The lowest BCUT2D eigenvalue weighted by atomic mass is 9.97. The van der Waals surface area contributed by atoms with Gasteiger partial charge in [0.05, 0.1) is 48.2 Å². The van der Waals surface area contributed by atoms with E-state index in [2.05, 4.69) is 21.5 Å². The molecule has 38 heavy (non-hydrogen) atoms. The molecule has 4 heterocycles. The fraction of sp³-hybridized carbons (Fsp3) is 0.345. The van der Waals surface area contributed by atoms with E-state index >= 15 is 0 Å². The highest BCUT2D eigenvalue weighted by Crippen LogP contribution is 2.37. The minimum Gasteiger partial charge on any atom is -0.384 e. The summed E-state index contributed by atoms with van der Waals surface area (Å²) in [5.74, 6) is 3.19. The van der Waals surface area contributed by atoms with Crippen LogP contribution in [0.1, 0.15) is 49.1 Å². The van der Waals surface area contributed by atoms with Gasteiger partial charge in [-0.1, -0.05) is 42.2 Å². The summed E-state index contributed by atoms with van der Waals surface area (Å²) in [7, 11) is 0. The average Bonchev–Trinajstić information content (AvgIpc) is 3.72. The lowest BCUT2D eigenvalue weighted by Crippen LogP contribution is -2.23. The van der Waals surface area contributed by atoms with Crippen molar-refractivity contribution in [1.82, 2.24) is 29.9 Å². The van der Waals surface area contributed by atoms with E-state index in [1.807, 2.05) is 54.7 Å². The summed E-state index contributed by atoms with van der Waals surface area (Å²) in [6, 6.07) is 15.6. The highest BCUT2D eigenvalue weighted by molar-refractivity contribution is 5.68. The number of anilines is 1. The van der Waals surface area contributed by atoms with Gasteiger partial charge in [0.15, 0.2) is 0 Å². The molecule has 1 aromatic carbocycles. The third-order valence-corrected chi connectivity index (χ3v) is 7.15. The number of hydrogen-bond donors (Lipinski definition) is 2. The molecule has 1 saturated heterocycles. The first-order chi connectivity index (χ1) is 18.6. The Morgan fingerprint density at radius 2 is 1.89 bits per heavy atom. The molecule has 0 bridgehead atoms. The van der Waals surface area contributed by atoms with Gasteiger partial charge in [-0.3, -0.25) is 4.98 Å². The molecule has 0 amide bonds. The quantitative estimate of drug-likeness (QED) is 0.364. The largest absolute Gasteiger partial charge is 0.384 e. The number of nitrogens with zero attached hydrogens (tertiary/aromatic N) is 6. The summed E-state index contributed by atoms with van der Waals surface area (Å²) in [4.78, 5) is 14.3. The predicted octanol–water partition coefficient (Wildman–Crippen LogP) is 3.79. The smallest absolute Gasteiger partial charge is 0.224 e. The van der Waals surface area contributed by atoms with Crippen molar-refractivity contribution in [3.63, 3.8) is 0 Å². The molecule has 1 saturated carbocycles. The fourth-order valence-electron chi connectivity index (χ4n) is 5.09. The van der Waals surface area contributed by atoms with Gasteiger partial charge >= 0.3 is 0 Å². The maximum absolute atomic E-state index is 11.0. The number of terminal acetylenes is 1. The zero-order valence-corrected chi connectivity index (χ0v) is 21.0. The highest BCUT2D eigenvalue weighted by Gasteiger charge is 2.34. The van der Waals surface area contributed by atoms with Gasteiger partial charge in [0.1, 0.15) is 11.3 Å². The van der Waals surface area contributed by atoms with Crippen LogP contribution in [0, 0.1) is 12.3 Å². The van der Waals surface area contributed by atoms with Crippen molar-refractivity contribution >= 4 is 5.95 Å². The summed E-state index contributed by atoms with van der Waals surface area (Å²) in [5, 5.41) is 23.1. The van der Waals surface area contributed by atoms with Crippen LogP contribution in [0.25, 0.3) is 22.6 Å². The van der Waals surface area contributed by atoms with Crippen molar-refractivity contribution in [3.8, 4) is 35.0 Å². The Labute approximate surface area is 221 Å². The number of benzene rings is 1. The van der Waals surface area contributed by atoms with Gasteiger partial charge in [0.2, 0.25) is 5.95 Å². The van der Waals surface area contributed by atoms with Crippen molar-refractivity contribution in [2.75, 3.05) is 18.5 Å². The fourth-order valence-corrected chi connectivity index (χ4v) is 5.09. The summed E-state index contributed by atoms with van der Waals surface area (Å²) < 4.78 is 7.24. The second-order valence-corrected chi connectivity index (χ2v) is 9.95. The molecule has 4 aromatic rings. The van der Waals surface area contributed by atoms with Gasteiger partial charge in [0.25, 0.3) is 0 Å². The Kier molecular flexibility index (Phi) is 6.58. The molecule has 2 N–H and O–H groups in total.